The number of carbonyl (C=O) groups is 1. The number of rotatable bonds is 7. The fraction of sp³-hybridized carbons (Fsp3) is 0.318. The molecule has 0 saturated heterocycles. The second-order valence-electron chi connectivity index (χ2n) is 7.17. The zero-order valence-electron chi connectivity index (χ0n) is 17.0. The molecule has 0 aliphatic carbocycles. The maximum Gasteiger partial charge on any atom is 0.238 e. The molecule has 0 bridgehead atoms. The van der Waals surface area contributed by atoms with Crippen LogP contribution in [0.5, 0.6) is 0 Å². The summed E-state index contributed by atoms with van der Waals surface area (Å²) in [6, 6.07) is 14.3. The molecule has 1 aromatic heterocycles. The molecule has 0 radical (unpaired) electrons. The summed E-state index contributed by atoms with van der Waals surface area (Å²) in [5, 5.41) is 11.7. The molecule has 1 unspecified atom stereocenters. The lowest BCUT2D eigenvalue weighted by molar-refractivity contribution is -0.116. The van der Waals surface area contributed by atoms with Crippen LogP contribution in [-0.2, 0) is 11.3 Å². The summed E-state index contributed by atoms with van der Waals surface area (Å²) < 4.78 is 15.9. The van der Waals surface area contributed by atoms with E-state index in [4.69, 9.17) is 0 Å². The first-order valence-corrected chi connectivity index (χ1v) is 10.5. The molecular formula is C22H25FN4OS. The number of hydrogen-bond acceptors (Lipinski definition) is 4. The summed E-state index contributed by atoms with van der Waals surface area (Å²) in [7, 11) is 0. The van der Waals surface area contributed by atoms with Crippen molar-refractivity contribution in [3.05, 3.63) is 59.9 Å². The van der Waals surface area contributed by atoms with E-state index in [0.717, 1.165) is 17.0 Å². The molecule has 0 spiro atoms. The fourth-order valence-electron chi connectivity index (χ4n) is 3.03. The van der Waals surface area contributed by atoms with Gasteiger partial charge in [-0.15, -0.1) is 10.2 Å². The van der Waals surface area contributed by atoms with Crippen LogP contribution < -0.4 is 5.32 Å². The highest BCUT2D eigenvalue weighted by Gasteiger charge is 2.27. The van der Waals surface area contributed by atoms with E-state index in [2.05, 4.69) is 21.6 Å². The van der Waals surface area contributed by atoms with Crippen LogP contribution in [0.3, 0.4) is 0 Å². The third-order valence-electron chi connectivity index (χ3n) is 4.54. The summed E-state index contributed by atoms with van der Waals surface area (Å²) >= 11 is 1.36. The Kier molecular flexibility index (Phi) is 6.69. The van der Waals surface area contributed by atoms with Crippen molar-refractivity contribution in [1.29, 1.82) is 0 Å². The molecule has 1 N–H and O–H groups in total. The van der Waals surface area contributed by atoms with E-state index in [1.807, 2.05) is 50.5 Å². The molecule has 0 fully saturated rings. The van der Waals surface area contributed by atoms with E-state index >= 15 is 0 Å². The van der Waals surface area contributed by atoms with Crippen LogP contribution in [0.4, 0.5) is 10.1 Å². The number of aromatic nitrogens is 3. The van der Waals surface area contributed by atoms with Gasteiger partial charge in [-0.1, -0.05) is 61.5 Å². The number of nitrogens with one attached hydrogen (secondary N) is 1. The van der Waals surface area contributed by atoms with Crippen LogP contribution in [0, 0.1) is 18.7 Å². The number of halogens is 1. The topological polar surface area (TPSA) is 59.8 Å². The average molecular weight is 413 g/mol. The lowest BCUT2D eigenvalue weighted by Gasteiger charge is -2.20. The second-order valence-corrected chi connectivity index (χ2v) is 8.28. The molecule has 152 valence electrons. The zero-order valence-corrected chi connectivity index (χ0v) is 17.8. The third kappa shape index (κ3) is 4.85. The summed E-state index contributed by atoms with van der Waals surface area (Å²) in [5.74, 6) is 0.0941. The number of aryl methyl sites for hydroxylation is 1. The number of thioether (sulfide) groups is 1. The zero-order chi connectivity index (χ0) is 21.0. The second kappa shape index (κ2) is 9.22. The van der Waals surface area contributed by atoms with E-state index in [9.17, 15) is 9.18 Å². The minimum atomic E-state index is -0.452. The van der Waals surface area contributed by atoms with E-state index < -0.39 is 11.1 Å². The van der Waals surface area contributed by atoms with Gasteiger partial charge in [0.1, 0.15) is 5.82 Å². The number of carbonyl (C=O) groups excluding carboxylic acids is 1. The lowest BCUT2D eigenvalue weighted by Crippen LogP contribution is -2.30. The number of amides is 1. The normalized spacial score (nSPS) is 12.2. The van der Waals surface area contributed by atoms with Gasteiger partial charge in [-0.2, -0.15) is 0 Å². The van der Waals surface area contributed by atoms with Gasteiger partial charge in [-0.3, -0.25) is 4.79 Å². The number of anilines is 1. The first kappa shape index (κ1) is 21.0. The van der Waals surface area contributed by atoms with E-state index in [1.165, 1.54) is 17.8 Å². The van der Waals surface area contributed by atoms with Gasteiger partial charge >= 0.3 is 0 Å². The first-order chi connectivity index (χ1) is 13.9. The minimum Gasteiger partial charge on any atom is -0.323 e. The molecular weight excluding hydrogens is 387 g/mol. The predicted octanol–water partition coefficient (Wildman–Crippen LogP) is 5.17. The Morgan fingerprint density at radius 3 is 2.59 bits per heavy atom. The molecule has 1 atom stereocenters. The Labute approximate surface area is 174 Å². The molecule has 0 saturated carbocycles. The predicted molar refractivity (Wildman–Crippen MR) is 115 cm³/mol. The Balaban J connectivity index is 1.86. The standard InChI is InChI=1S/C22H25FN4OS/c1-5-27-20(16-10-8-9-15(4)13-16)25-26-22(27)29-19(14(2)3)21(28)24-18-12-7-6-11-17(18)23/h6-14,19H,5H2,1-4H3,(H,24,28). The van der Waals surface area contributed by atoms with E-state index in [0.29, 0.717) is 11.7 Å². The van der Waals surface area contributed by atoms with Crippen LogP contribution in [0.15, 0.2) is 53.7 Å². The average Bonchev–Trinajstić information content (AvgIpc) is 3.10. The molecule has 1 amide bonds. The molecule has 5 nitrogen and oxygen atoms in total. The Bertz CT molecular complexity index is 1000. The van der Waals surface area contributed by atoms with Crippen molar-refractivity contribution in [3.63, 3.8) is 0 Å². The van der Waals surface area contributed by atoms with Crippen LogP contribution in [0.1, 0.15) is 26.3 Å². The molecule has 0 aliphatic rings. The summed E-state index contributed by atoms with van der Waals surface area (Å²) in [6.45, 7) is 8.67. The minimum absolute atomic E-state index is 0.0243. The van der Waals surface area contributed by atoms with Crippen molar-refractivity contribution < 1.29 is 9.18 Å². The highest BCUT2D eigenvalue weighted by Crippen LogP contribution is 2.31. The fourth-order valence-corrected chi connectivity index (χ4v) is 4.13. The monoisotopic (exact) mass is 412 g/mol. The van der Waals surface area contributed by atoms with Crippen molar-refractivity contribution in [2.75, 3.05) is 5.32 Å². The Morgan fingerprint density at radius 2 is 1.93 bits per heavy atom. The summed E-state index contributed by atoms with van der Waals surface area (Å²) in [4.78, 5) is 12.9. The van der Waals surface area contributed by atoms with Crippen molar-refractivity contribution in [1.82, 2.24) is 14.8 Å². The van der Waals surface area contributed by atoms with Gasteiger partial charge in [0, 0.05) is 12.1 Å². The van der Waals surface area contributed by atoms with Crippen LogP contribution >= 0.6 is 11.8 Å². The van der Waals surface area contributed by atoms with Crippen molar-refractivity contribution in [3.8, 4) is 11.4 Å². The molecule has 29 heavy (non-hydrogen) atoms. The van der Waals surface area contributed by atoms with Crippen LogP contribution in [0.25, 0.3) is 11.4 Å². The van der Waals surface area contributed by atoms with E-state index in [1.54, 1.807) is 18.2 Å². The van der Waals surface area contributed by atoms with Gasteiger partial charge < -0.3 is 9.88 Å². The molecule has 7 heteroatoms. The van der Waals surface area contributed by atoms with Crippen molar-refractivity contribution in [2.45, 2.75) is 44.6 Å². The number of hydrogen-bond donors (Lipinski definition) is 1. The quantitative estimate of drug-likeness (QED) is 0.544. The molecule has 2 aromatic carbocycles. The molecule has 0 aliphatic heterocycles. The molecule has 3 aromatic rings. The lowest BCUT2D eigenvalue weighted by atomic mass is 10.1. The number of nitrogens with zero attached hydrogens (tertiary/aromatic N) is 3. The van der Waals surface area contributed by atoms with Gasteiger partial charge in [0.05, 0.1) is 10.9 Å². The van der Waals surface area contributed by atoms with Crippen LogP contribution in [-0.4, -0.2) is 25.9 Å². The van der Waals surface area contributed by atoms with Crippen molar-refractivity contribution in [2.24, 2.45) is 5.92 Å². The van der Waals surface area contributed by atoms with Gasteiger partial charge in [-0.05, 0) is 38.0 Å². The van der Waals surface area contributed by atoms with Crippen molar-refractivity contribution >= 4 is 23.4 Å². The molecule has 1 heterocycles. The van der Waals surface area contributed by atoms with Crippen LogP contribution in [0.2, 0.25) is 0 Å². The van der Waals surface area contributed by atoms with Gasteiger partial charge in [0.2, 0.25) is 5.91 Å². The largest absolute Gasteiger partial charge is 0.323 e. The van der Waals surface area contributed by atoms with E-state index in [-0.39, 0.29) is 17.5 Å². The number of para-hydroxylation sites is 1. The van der Waals surface area contributed by atoms with Gasteiger partial charge in [-0.25, -0.2) is 4.39 Å². The SMILES string of the molecule is CCn1c(SC(C(=O)Nc2ccccc2F)C(C)C)nnc1-c1cccc(C)c1. The highest BCUT2D eigenvalue weighted by atomic mass is 32.2. The Morgan fingerprint density at radius 1 is 1.17 bits per heavy atom. The Hall–Kier alpha value is -2.67. The number of benzene rings is 2. The maximum atomic E-state index is 13.9. The maximum absolute atomic E-state index is 13.9. The smallest absolute Gasteiger partial charge is 0.238 e. The first-order valence-electron chi connectivity index (χ1n) is 9.63. The highest BCUT2D eigenvalue weighted by molar-refractivity contribution is 8.00. The third-order valence-corrected chi connectivity index (χ3v) is 6.06. The summed E-state index contributed by atoms with van der Waals surface area (Å²) in [5.41, 5.74) is 2.32. The molecule has 3 rings (SSSR count). The summed E-state index contributed by atoms with van der Waals surface area (Å²) in [6.07, 6.45) is 0. The van der Waals surface area contributed by atoms with Gasteiger partial charge in [0.25, 0.3) is 0 Å². The van der Waals surface area contributed by atoms with Gasteiger partial charge in [0.15, 0.2) is 11.0 Å².